The summed E-state index contributed by atoms with van der Waals surface area (Å²) in [4.78, 5) is 12.1. The van der Waals surface area contributed by atoms with Gasteiger partial charge in [0.2, 0.25) is 0 Å². The SMILES string of the molecule is CC(C=NNC(=O)C(C)Nc1ccc(Br)cc1)=Cc1ccc(C(C)C)cc1. The van der Waals surface area contributed by atoms with Crippen molar-refractivity contribution in [1.82, 2.24) is 5.43 Å². The van der Waals surface area contributed by atoms with Crippen molar-refractivity contribution in [2.45, 2.75) is 39.7 Å². The molecule has 2 aromatic carbocycles. The molecule has 0 aliphatic rings. The van der Waals surface area contributed by atoms with Gasteiger partial charge < -0.3 is 5.32 Å². The number of nitrogens with one attached hydrogen (secondary N) is 2. The van der Waals surface area contributed by atoms with Crippen LogP contribution in [0.5, 0.6) is 0 Å². The van der Waals surface area contributed by atoms with Crippen LogP contribution in [0, 0.1) is 0 Å². The van der Waals surface area contributed by atoms with Gasteiger partial charge in [0.15, 0.2) is 0 Å². The Morgan fingerprint density at radius 1 is 1.04 bits per heavy atom. The second-order valence-corrected chi connectivity index (χ2v) is 7.73. The van der Waals surface area contributed by atoms with E-state index < -0.39 is 6.04 Å². The Hall–Kier alpha value is -2.40. The van der Waals surface area contributed by atoms with Crippen LogP contribution < -0.4 is 10.7 Å². The van der Waals surface area contributed by atoms with Crippen LogP contribution in [0.3, 0.4) is 0 Å². The molecule has 1 amide bonds. The van der Waals surface area contributed by atoms with E-state index in [0.29, 0.717) is 5.92 Å². The van der Waals surface area contributed by atoms with Crippen molar-refractivity contribution in [3.05, 3.63) is 69.7 Å². The first-order chi connectivity index (χ1) is 12.8. The molecule has 2 rings (SSSR count). The first-order valence-electron chi connectivity index (χ1n) is 8.98. The average Bonchev–Trinajstić information content (AvgIpc) is 2.64. The maximum absolute atomic E-state index is 12.1. The summed E-state index contributed by atoms with van der Waals surface area (Å²) < 4.78 is 0.996. The van der Waals surface area contributed by atoms with Crippen molar-refractivity contribution >= 4 is 39.8 Å². The number of halogens is 1. The molecule has 5 heteroatoms. The molecule has 0 aromatic heterocycles. The van der Waals surface area contributed by atoms with E-state index in [4.69, 9.17) is 0 Å². The monoisotopic (exact) mass is 427 g/mol. The number of allylic oxidation sites excluding steroid dienone is 1. The molecule has 0 spiro atoms. The minimum absolute atomic E-state index is 0.191. The maximum atomic E-state index is 12.1. The fourth-order valence-electron chi connectivity index (χ4n) is 2.43. The van der Waals surface area contributed by atoms with Crippen LogP contribution in [0.2, 0.25) is 0 Å². The number of nitrogens with zero attached hydrogens (tertiary/aromatic N) is 1. The van der Waals surface area contributed by atoms with E-state index in [0.717, 1.165) is 21.3 Å². The standard InChI is InChI=1S/C22H26BrN3O/c1-15(2)19-7-5-18(6-8-19)13-16(3)14-24-26-22(27)17(4)25-21-11-9-20(23)10-12-21/h5-15,17,25H,1-4H3,(H,26,27). The molecule has 0 bridgehead atoms. The number of anilines is 1. The summed E-state index contributed by atoms with van der Waals surface area (Å²) in [6.07, 6.45) is 3.68. The lowest BCUT2D eigenvalue weighted by atomic mass is 10.0. The van der Waals surface area contributed by atoms with Gasteiger partial charge >= 0.3 is 0 Å². The van der Waals surface area contributed by atoms with Gasteiger partial charge in [-0.2, -0.15) is 5.10 Å². The Bertz CT molecular complexity index is 808. The van der Waals surface area contributed by atoms with Crippen LogP contribution in [0.1, 0.15) is 44.7 Å². The molecule has 2 N–H and O–H groups in total. The summed E-state index contributed by atoms with van der Waals surface area (Å²) in [5.74, 6) is 0.331. The Labute approximate surface area is 169 Å². The molecule has 0 radical (unpaired) electrons. The number of amides is 1. The zero-order valence-corrected chi connectivity index (χ0v) is 17.7. The molecule has 142 valence electrons. The highest BCUT2D eigenvalue weighted by Crippen LogP contribution is 2.16. The number of carbonyl (C=O) groups excluding carboxylic acids is 1. The highest BCUT2D eigenvalue weighted by atomic mass is 79.9. The molecule has 2 aromatic rings. The van der Waals surface area contributed by atoms with Gasteiger partial charge in [0, 0.05) is 10.2 Å². The van der Waals surface area contributed by atoms with E-state index in [1.807, 2.05) is 37.3 Å². The summed E-state index contributed by atoms with van der Waals surface area (Å²) in [5.41, 5.74) is 6.84. The van der Waals surface area contributed by atoms with Crippen LogP contribution in [0.25, 0.3) is 6.08 Å². The van der Waals surface area contributed by atoms with Crippen LogP contribution in [0.15, 0.2) is 63.7 Å². The summed E-state index contributed by atoms with van der Waals surface area (Å²) >= 11 is 3.39. The molecule has 0 aliphatic heterocycles. The van der Waals surface area contributed by atoms with E-state index in [1.54, 1.807) is 13.1 Å². The predicted molar refractivity (Wildman–Crippen MR) is 118 cm³/mol. The van der Waals surface area contributed by atoms with Gasteiger partial charge in [0.1, 0.15) is 6.04 Å². The third-order valence-corrected chi connectivity index (χ3v) is 4.59. The van der Waals surface area contributed by atoms with Gasteiger partial charge in [0.05, 0.1) is 6.21 Å². The lowest BCUT2D eigenvalue weighted by Gasteiger charge is -2.13. The van der Waals surface area contributed by atoms with Gasteiger partial charge in [0.25, 0.3) is 5.91 Å². The van der Waals surface area contributed by atoms with Gasteiger partial charge in [-0.25, -0.2) is 5.43 Å². The van der Waals surface area contributed by atoms with Gasteiger partial charge in [-0.1, -0.05) is 60.1 Å². The van der Waals surface area contributed by atoms with Crippen molar-refractivity contribution < 1.29 is 4.79 Å². The van der Waals surface area contributed by atoms with Crippen molar-refractivity contribution in [1.29, 1.82) is 0 Å². The molecule has 0 heterocycles. The molecule has 1 atom stereocenters. The zero-order chi connectivity index (χ0) is 19.8. The third kappa shape index (κ3) is 7.02. The summed E-state index contributed by atoms with van der Waals surface area (Å²) in [7, 11) is 0. The summed E-state index contributed by atoms with van der Waals surface area (Å²) in [6.45, 7) is 8.11. The number of hydrazone groups is 1. The largest absolute Gasteiger partial charge is 0.374 e. The van der Waals surface area contributed by atoms with Gasteiger partial charge in [-0.05, 0) is 60.7 Å². The van der Waals surface area contributed by atoms with E-state index in [-0.39, 0.29) is 5.91 Å². The Kier molecular flexibility index (Phi) is 7.80. The average molecular weight is 428 g/mol. The van der Waals surface area contributed by atoms with Crippen molar-refractivity contribution in [2.75, 3.05) is 5.32 Å². The molecule has 0 saturated carbocycles. The molecule has 27 heavy (non-hydrogen) atoms. The topological polar surface area (TPSA) is 53.5 Å². The number of carbonyl (C=O) groups is 1. The van der Waals surface area contributed by atoms with Crippen molar-refractivity contribution in [3.8, 4) is 0 Å². The molecule has 0 aliphatic carbocycles. The van der Waals surface area contributed by atoms with E-state index in [2.05, 4.69) is 69.9 Å². The Morgan fingerprint density at radius 3 is 2.26 bits per heavy atom. The van der Waals surface area contributed by atoms with E-state index in [9.17, 15) is 4.79 Å². The van der Waals surface area contributed by atoms with Crippen molar-refractivity contribution in [3.63, 3.8) is 0 Å². The molecular weight excluding hydrogens is 402 g/mol. The fraction of sp³-hybridized carbons (Fsp3) is 0.273. The second kappa shape index (κ2) is 10.1. The zero-order valence-electron chi connectivity index (χ0n) is 16.2. The van der Waals surface area contributed by atoms with E-state index >= 15 is 0 Å². The Morgan fingerprint density at radius 2 is 1.67 bits per heavy atom. The Balaban J connectivity index is 1.87. The van der Waals surface area contributed by atoms with Crippen LogP contribution >= 0.6 is 15.9 Å². The summed E-state index contributed by atoms with van der Waals surface area (Å²) in [6, 6.07) is 15.7. The molecule has 1 unspecified atom stereocenters. The smallest absolute Gasteiger partial charge is 0.262 e. The van der Waals surface area contributed by atoms with Crippen LogP contribution in [-0.2, 0) is 4.79 Å². The molecule has 0 saturated heterocycles. The number of hydrogen-bond acceptors (Lipinski definition) is 3. The number of benzene rings is 2. The number of rotatable bonds is 7. The third-order valence-electron chi connectivity index (χ3n) is 4.06. The quantitative estimate of drug-likeness (QED) is 0.447. The highest BCUT2D eigenvalue weighted by Gasteiger charge is 2.11. The molecule has 0 fully saturated rings. The highest BCUT2D eigenvalue weighted by molar-refractivity contribution is 9.10. The second-order valence-electron chi connectivity index (χ2n) is 6.82. The first-order valence-corrected chi connectivity index (χ1v) is 9.77. The van der Waals surface area contributed by atoms with Crippen LogP contribution in [-0.4, -0.2) is 18.2 Å². The fourth-order valence-corrected chi connectivity index (χ4v) is 2.70. The summed E-state index contributed by atoms with van der Waals surface area (Å²) in [5, 5.41) is 7.19. The maximum Gasteiger partial charge on any atom is 0.262 e. The predicted octanol–water partition coefficient (Wildman–Crippen LogP) is 5.58. The normalized spacial score (nSPS) is 13.0. The number of hydrogen-bond donors (Lipinski definition) is 2. The van der Waals surface area contributed by atoms with E-state index in [1.165, 1.54) is 5.56 Å². The van der Waals surface area contributed by atoms with Gasteiger partial charge in [-0.3, -0.25) is 4.79 Å². The van der Waals surface area contributed by atoms with Gasteiger partial charge in [-0.15, -0.1) is 0 Å². The molecule has 4 nitrogen and oxygen atoms in total. The lowest BCUT2D eigenvalue weighted by Crippen LogP contribution is -2.34. The minimum atomic E-state index is -0.392. The first kappa shape index (κ1) is 20.9. The van der Waals surface area contributed by atoms with Crippen LogP contribution in [0.4, 0.5) is 5.69 Å². The lowest BCUT2D eigenvalue weighted by molar-refractivity contribution is -0.121. The minimum Gasteiger partial charge on any atom is -0.374 e. The van der Waals surface area contributed by atoms with Crippen molar-refractivity contribution in [2.24, 2.45) is 5.10 Å². The molecular formula is C22H26BrN3O.